The molecule has 1 aliphatic heterocycles. The first-order valence-corrected chi connectivity index (χ1v) is 18.7. The van der Waals surface area contributed by atoms with Crippen molar-refractivity contribution in [2.24, 2.45) is 0 Å². The molecule has 0 spiro atoms. The van der Waals surface area contributed by atoms with E-state index < -0.39 is 10.1 Å². The third-order valence-corrected chi connectivity index (χ3v) is 8.45. The van der Waals surface area contributed by atoms with Crippen molar-refractivity contribution in [3.63, 3.8) is 0 Å². The van der Waals surface area contributed by atoms with Crippen LogP contribution in [0.25, 0.3) is 11.3 Å². The Morgan fingerprint density at radius 1 is 0.943 bits per heavy atom. The molecule has 0 bridgehead atoms. The van der Waals surface area contributed by atoms with E-state index in [0.29, 0.717) is 27.9 Å². The number of aryl methyl sites for hydroxylation is 1. The van der Waals surface area contributed by atoms with Crippen LogP contribution in [-0.4, -0.2) is 88.3 Å². The van der Waals surface area contributed by atoms with Crippen molar-refractivity contribution in [3.8, 4) is 11.3 Å². The lowest BCUT2D eigenvalue weighted by molar-refractivity contribution is -0.907. The maximum atomic E-state index is 13.1. The number of pyridine rings is 1. The summed E-state index contributed by atoms with van der Waals surface area (Å²) in [5, 5.41) is 6.29. The van der Waals surface area contributed by atoms with E-state index in [4.69, 9.17) is 9.29 Å². The minimum absolute atomic E-state index is 0.190. The smallest absolute Gasteiger partial charge is 0.314 e. The van der Waals surface area contributed by atoms with Gasteiger partial charge < -0.3 is 19.9 Å². The highest BCUT2D eigenvalue weighted by molar-refractivity contribution is 7.85. The Kier molecular flexibility index (Phi) is 13.0. The fraction of sp³-hybridized carbons (Fsp3) is 0.231. The topological polar surface area (TPSA) is 164 Å². The summed E-state index contributed by atoms with van der Waals surface area (Å²) in [6, 6.07) is 28.7. The number of carbonyl (C=O) groups is 2. The number of ether oxygens (including phenoxy) is 1. The number of benzene rings is 3. The van der Waals surface area contributed by atoms with Gasteiger partial charge in [0.15, 0.2) is 0 Å². The molecular formula is C39H43N7O6S. The normalized spacial score (nSPS) is 14.0. The summed E-state index contributed by atoms with van der Waals surface area (Å²) in [5.41, 5.74) is 6.75. The van der Waals surface area contributed by atoms with Crippen molar-refractivity contribution in [1.29, 1.82) is 0 Å². The highest BCUT2D eigenvalue weighted by atomic mass is 32.2. The van der Waals surface area contributed by atoms with E-state index in [0.717, 1.165) is 66.4 Å². The van der Waals surface area contributed by atoms with Gasteiger partial charge in [-0.1, -0.05) is 48.5 Å². The van der Waals surface area contributed by atoms with E-state index in [1.807, 2.05) is 97.9 Å². The minimum Gasteiger partial charge on any atom is -0.422 e. The molecule has 5 aromatic rings. The van der Waals surface area contributed by atoms with Gasteiger partial charge in [-0.15, -0.1) is 7.05 Å². The Morgan fingerprint density at radius 3 is 2.34 bits per heavy atom. The molecule has 1 fully saturated rings. The van der Waals surface area contributed by atoms with Crippen LogP contribution >= 0.6 is 0 Å². The SMILES string of the molecule is CS(=O)(=O)O.[CH2-][N+]1(COC(=O)Cc2ccccc2)CCN(Cc2ccc(C(=O)Nc3ccc(C)c(Nc4nccc(-c5cccnc5)n4)c3)cc2)CC1. The number of amides is 1. The largest absolute Gasteiger partial charge is 0.422 e. The summed E-state index contributed by atoms with van der Waals surface area (Å²) in [7, 11) is 0.671. The van der Waals surface area contributed by atoms with E-state index in [-0.39, 0.29) is 25.0 Å². The van der Waals surface area contributed by atoms with Gasteiger partial charge in [0.2, 0.25) is 12.7 Å². The van der Waals surface area contributed by atoms with Crippen LogP contribution in [0.4, 0.5) is 17.3 Å². The van der Waals surface area contributed by atoms with Crippen LogP contribution in [-0.2, 0) is 32.6 Å². The molecule has 2 aromatic heterocycles. The van der Waals surface area contributed by atoms with E-state index in [2.05, 4.69) is 37.5 Å². The van der Waals surface area contributed by atoms with Gasteiger partial charge in [-0.05, 0) is 66.1 Å². The van der Waals surface area contributed by atoms with Gasteiger partial charge in [0.25, 0.3) is 16.0 Å². The monoisotopic (exact) mass is 737 g/mol. The molecule has 6 rings (SSSR count). The molecule has 3 N–H and O–H groups in total. The lowest BCUT2D eigenvalue weighted by atomic mass is 10.1. The van der Waals surface area contributed by atoms with Crippen LogP contribution in [0.3, 0.4) is 0 Å². The number of quaternary nitrogens is 1. The first kappa shape index (κ1) is 38.7. The minimum atomic E-state index is -3.67. The molecule has 0 atom stereocenters. The van der Waals surface area contributed by atoms with Gasteiger partial charge in [0.1, 0.15) is 0 Å². The predicted octanol–water partition coefficient (Wildman–Crippen LogP) is 5.51. The molecule has 53 heavy (non-hydrogen) atoms. The van der Waals surface area contributed by atoms with Crippen molar-refractivity contribution in [3.05, 3.63) is 139 Å². The van der Waals surface area contributed by atoms with Crippen LogP contribution in [0.2, 0.25) is 0 Å². The fourth-order valence-electron chi connectivity index (χ4n) is 5.51. The van der Waals surface area contributed by atoms with Gasteiger partial charge in [-0.3, -0.25) is 24.0 Å². The number of hydrogen-bond acceptors (Lipinski definition) is 10. The van der Waals surface area contributed by atoms with Gasteiger partial charge >= 0.3 is 5.97 Å². The maximum Gasteiger partial charge on any atom is 0.314 e. The molecule has 276 valence electrons. The average Bonchev–Trinajstić information content (AvgIpc) is 3.14. The number of nitrogens with one attached hydrogen (secondary N) is 2. The van der Waals surface area contributed by atoms with Crippen molar-refractivity contribution >= 4 is 39.3 Å². The maximum absolute atomic E-state index is 13.1. The first-order valence-electron chi connectivity index (χ1n) is 16.9. The Morgan fingerprint density at radius 2 is 1.66 bits per heavy atom. The highest BCUT2D eigenvalue weighted by Crippen LogP contribution is 2.25. The number of nitrogens with zero attached hydrogens (tertiary/aromatic N) is 5. The van der Waals surface area contributed by atoms with Crippen molar-refractivity contribution in [2.75, 3.05) is 49.8 Å². The molecule has 0 unspecified atom stereocenters. The van der Waals surface area contributed by atoms with Gasteiger partial charge in [-0.2, -0.15) is 8.42 Å². The van der Waals surface area contributed by atoms with E-state index in [9.17, 15) is 18.0 Å². The third-order valence-electron chi connectivity index (χ3n) is 8.45. The zero-order chi connectivity index (χ0) is 37.8. The van der Waals surface area contributed by atoms with Crippen LogP contribution < -0.4 is 10.6 Å². The molecule has 13 nitrogen and oxygen atoms in total. The molecule has 0 saturated carbocycles. The zero-order valence-electron chi connectivity index (χ0n) is 29.7. The van der Waals surface area contributed by atoms with Crippen LogP contribution in [0.5, 0.6) is 0 Å². The van der Waals surface area contributed by atoms with Crippen LogP contribution in [0.15, 0.2) is 110 Å². The Bertz CT molecular complexity index is 2080. The highest BCUT2D eigenvalue weighted by Gasteiger charge is 2.25. The molecule has 0 aliphatic carbocycles. The number of hydrogen-bond donors (Lipinski definition) is 3. The number of rotatable bonds is 11. The first-order chi connectivity index (χ1) is 25.3. The molecular weight excluding hydrogens is 695 g/mol. The number of piperazine rings is 1. The van der Waals surface area contributed by atoms with Gasteiger partial charge in [0, 0.05) is 60.7 Å². The van der Waals surface area contributed by atoms with Crippen molar-refractivity contribution in [2.45, 2.75) is 19.9 Å². The van der Waals surface area contributed by atoms with Gasteiger partial charge in [-0.25, -0.2) is 9.97 Å². The average molecular weight is 738 g/mol. The second kappa shape index (κ2) is 17.8. The molecule has 3 aromatic carbocycles. The molecule has 1 amide bonds. The quantitative estimate of drug-likeness (QED) is 0.0678. The van der Waals surface area contributed by atoms with E-state index in [1.54, 1.807) is 18.6 Å². The summed E-state index contributed by atoms with van der Waals surface area (Å²) >= 11 is 0. The standard InChI is InChI=1S/C38H39N7O3.CH4O3S/c1-28-10-15-33(24-35(28)43-38-40-18-16-34(42-38)32-9-6-17-39-25-32)41-37(47)31-13-11-30(12-14-31)26-44-19-21-45(2,22-20-44)27-48-36(46)23-29-7-4-3-5-8-29;1-5(2,3)4/h3-18,24-25H,2,19-23,26-27H2,1H3,(H,41,47)(H,40,42,43);1H3,(H,2,3,4). The van der Waals surface area contributed by atoms with Gasteiger partial charge in [0.05, 0.1) is 31.5 Å². The summed E-state index contributed by atoms with van der Waals surface area (Å²) in [4.78, 5) is 41.0. The number of anilines is 3. The summed E-state index contributed by atoms with van der Waals surface area (Å²) in [6.07, 6.45) is 6.17. The summed E-state index contributed by atoms with van der Waals surface area (Å²) in [6.45, 7) is 6.28. The number of aromatic nitrogens is 3. The summed E-state index contributed by atoms with van der Waals surface area (Å²) in [5.74, 6) is 0.0327. The zero-order valence-corrected chi connectivity index (χ0v) is 30.5. The lowest BCUT2D eigenvalue weighted by Crippen LogP contribution is -2.56. The predicted molar refractivity (Wildman–Crippen MR) is 203 cm³/mol. The third kappa shape index (κ3) is 12.6. The molecule has 1 aliphatic rings. The molecule has 3 heterocycles. The molecule has 0 radical (unpaired) electrons. The Labute approximate surface area is 310 Å². The Hall–Kier alpha value is -5.54. The fourth-order valence-corrected chi connectivity index (χ4v) is 5.51. The second-order valence-electron chi connectivity index (χ2n) is 12.9. The summed E-state index contributed by atoms with van der Waals surface area (Å²) < 4.78 is 31.9. The van der Waals surface area contributed by atoms with Crippen LogP contribution in [0.1, 0.15) is 27.0 Å². The molecule has 14 heteroatoms. The Balaban J connectivity index is 0.00000101. The lowest BCUT2D eigenvalue weighted by Gasteiger charge is -2.47. The van der Waals surface area contributed by atoms with Crippen LogP contribution in [0, 0.1) is 14.0 Å². The number of esters is 1. The second-order valence-corrected chi connectivity index (χ2v) is 14.4. The van der Waals surface area contributed by atoms with Crippen molar-refractivity contribution < 1.29 is 31.8 Å². The van der Waals surface area contributed by atoms with E-state index >= 15 is 0 Å². The van der Waals surface area contributed by atoms with Crippen molar-refractivity contribution in [1.82, 2.24) is 19.9 Å². The van der Waals surface area contributed by atoms with E-state index in [1.165, 1.54) is 0 Å². The number of carbonyl (C=O) groups excluding carboxylic acids is 2. The molecule has 1 saturated heterocycles.